The van der Waals surface area contributed by atoms with E-state index in [2.05, 4.69) is 11.9 Å². The Balaban J connectivity index is 2.57. The van der Waals surface area contributed by atoms with E-state index in [1.165, 1.54) is 16.6 Å². The monoisotopic (exact) mass is 232 g/mol. The van der Waals surface area contributed by atoms with Crippen molar-refractivity contribution in [2.24, 2.45) is 0 Å². The molecule has 1 heterocycles. The molecule has 1 saturated heterocycles. The molecule has 1 amide bonds. The van der Waals surface area contributed by atoms with Crippen molar-refractivity contribution in [3.63, 3.8) is 0 Å². The van der Waals surface area contributed by atoms with E-state index in [1.54, 1.807) is 0 Å². The van der Waals surface area contributed by atoms with E-state index < -0.39 is 10.0 Å². The molecular weight excluding hydrogens is 216 g/mol. The molecule has 1 aliphatic rings. The minimum absolute atomic E-state index is 0.0982. The van der Waals surface area contributed by atoms with Crippen LogP contribution in [0.25, 0.3) is 0 Å². The van der Waals surface area contributed by atoms with E-state index in [9.17, 15) is 13.2 Å². The summed E-state index contributed by atoms with van der Waals surface area (Å²) in [5.41, 5.74) is 0. The number of carbonyl (C=O) groups excluding carboxylic acids is 1. The molecule has 6 heteroatoms. The quantitative estimate of drug-likeness (QED) is 0.680. The number of amides is 1. The van der Waals surface area contributed by atoms with Crippen molar-refractivity contribution in [3.8, 4) is 0 Å². The van der Waals surface area contributed by atoms with Crippen LogP contribution in [0.4, 0.5) is 0 Å². The number of rotatable bonds is 3. The highest BCUT2D eigenvalue weighted by atomic mass is 32.2. The second-order valence-corrected chi connectivity index (χ2v) is 5.66. The fourth-order valence-electron chi connectivity index (χ4n) is 1.62. The van der Waals surface area contributed by atoms with Crippen LogP contribution in [0.15, 0.2) is 12.7 Å². The van der Waals surface area contributed by atoms with Crippen LogP contribution in [0.5, 0.6) is 0 Å². The van der Waals surface area contributed by atoms with E-state index in [-0.39, 0.29) is 11.9 Å². The minimum atomic E-state index is -3.15. The third-order valence-electron chi connectivity index (χ3n) is 2.38. The van der Waals surface area contributed by atoms with Gasteiger partial charge in [0.15, 0.2) is 0 Å². The van der Waals surface area contributed by atoms with E-state index >= 15 is 0 Å². The molecule has 0 aromatic heterocycles. The molecule has 0 spiro atoms. The largest absolute Gasteiger partial charge is 0.349 e. The lowest BCUT2D eigenvalue weighted by atomic mass is 10.1. The Hall–Kier alpha value is -0.880. The second kappa shape index (κ2) is 4.76. The fraction of sp³-hybridized carbons (Fsp3) is 0.667. The number of nitrogens with zero attached hydrogens (tertiary/aromatic N) is 1. The average molecular weight is 232 g/mol. The molecule has 0 aromatic carbocycles. The Kier molecular flexibility index (Phi) is 3.87. The van der Waals surface area contributed by atoms with Gasteiger partial charge in [-0.2, -0.15) is 0 Å². The Morgan fingerprint density at radius 3 is 2.80 bits per heavy atom. The lowest BCUT2D eigenvalue weighted by Crippen LogP contribution is -2.48. The van der Waals surface area contributed by atoms with Gasteiger partial charge in [-0.15, -0.1) is 0 Å². The summed E-state index contributed by atoms with van der Waals surface area (Å²) in [6.07, 6.45) is 3.96. The highest BCUT2D eigenvalue weighted by molar-refractivity contribution is 7.88. The zero-order chi connectivity index (χ0) is 11.5. The molecule has 0 unspecified atom stereocenters. The summed E-state index contributed by atoms with van der Waals surface area (Å²) < 4.78 is 24.0. The van der Waals surface area contributed by atoms with Gasteiger partial charge in [0.1, 0.15) is 0 Å². The first kappa shape index (κ1) is 12.2. The van der Waals surface area contributed by atoms with Crippen LogP contribution in [0, 0.1) is 0 Å². The van der Waals surface area contributed by atoms with E-state index in [1.807, 2.05) is 0 Å². The third-order valence-corrected chi connectivity index (χ3v) is 3.65. The van der Waals surface area contributed by atoms with E-state index in [4.69, 9.17) is 0 Å². The lowest BCUT2D eigenvalue weighted by molar-refractivity contribution is -0.117. The molecule has 1 fully saturated rings. The standard InChI is InChI=1S/C9H16N2O3S/c1-3-9(12)10-8-5-4-6-11(7-8)15(2,13)14/h3,8H,1,4-7H2,2H3,(H,10,12)/t8-/m1/s1. The highest BCUT2D eigenvalue weighted by Gasteiger charge is 2.26. The first-order chi connectivity index (χ1) is 6.93. The maximum Gasteiger partial charge on any atom is 0.243 e. The third kappa shape index (κ3) is 3.64. The summed E-state index contributed by atoms with van der Waals surface area (Å²) in [5, 5.41) is 2.71. The van der Waals surface area contributed by atoms with Gasteiger partial charge in [0.25, 0.3) is 0 Å². The van der Waals surface area contributed by atoms with Crippen LogP contribution in [0.2, 0.25) is 0 Å². The first-order valence-corrected chi connectivity index (χ1v) is 6.66. The average Bonchev–Trinajstić information content (AvgIpc) is 2.17. The zero-order valence-electron chi connectivity index (χ0n) is 8.77. The molecule has 1 N–H and O–H groups in total. The van der Waals surface area contributed by atoms with Gasteiger partial charge < -0.3 is 5.32 Å². The van der Waals surface area contributed by atoms with Gasteiger partial charge in [-0.25, -0.2) is 12.7 Å². The second-order valence-electron chi connectivity index (χ2n) is 3.67. The Morgan fingerprint density at radius 1 is 1.60 bits per heavy atom. The molecule has 1 atom stereocenters. The van der Waals surface area contributed by atoms with Gasteiger partial charge in [0, 0.05) is 19.1 Å². The van der Waals surface area contributed by atoms with Crippen LogP contribution in [0.1, 0.15) is 12.8 Å². The maximum absolute atomic E-state index is 11.3. The van der Waals surface area contributed by atoms with Crippen molar-refractivity contribution in [2.75, 3.05) is 19.3 Å². The molecule has 1 rings (SSSR count). The topological polar surface area (TPSA) is 66.5 Å². The van der Waals surface area contributed by atoms with Crippen molar-refractivity contribution < 1.29 is 13.2 Å². The van der Waals surface area contributed by atoms with Gasteiger partial charge in [-0.3, -0.25) is 4.79 Å². The summed E-state index contributed by atoms with van der Waals surface area (Å²) in [6.45, 7) is 4.25. The van der Waals surface area contributed by atoms with Crippen LogP contribution in [-0.2, 0) is 14.8 Å². The highest BCUT2D eigenvalue weighted by Crippen LogP contribution is 2.12. The van der Waals surface area contributed by atoms with E-state index in [0.29, 0.717) is 13.1 Å². The Labute approximate surface area is 90.2 Å². The van der Waals surface area contributed by atoms with Crippen molar-refractivity contribution >= 4 is 15.9 Å². The molecule has 15 heavy (non-hydrogen) atoms. The molecule has 0 radical (unpaired) electrons. The number of carbonyl (C=O) groups is 1. The summed E-state index contributed by atoms with van der Waals surface area (Å²) in [5.74, 6) is -0.254. The smallest absolute Gasteiger partial charge is 0.243 e. The maximum atomic E-state index is 11.3. The Morgan fingerprint density at radius 2 is 2.27 bits per heavy atom. The first-order valence-electron chi connectivity index (χ1n) is 4.81. The van der Waals surface area contributed by atoms with Gasteiger partial charge in [0.05, 0.1) is 6.26 Å². The lowest BCUT2D eigenvalue weighted by Gasteiger charge is -2.31. The van der Waals surface area contributed by atoms with Crippen LogP contribution in [0.3, 0.4) is 0 Å². The summed E-state index contributed by atoms with van der Waals surface area (Å²) in [6, 6.07) is -0.0982. The summed E-state index contributed by atoms with van der Waals surface area (Å²) in [4.78, 5) is 11.0. The summed E-state index contributed by atoms with van der Waals surface area (Å²) >= 11 is 0. The molecule has 0 aliphatic carbocycles. The van der Waals surface area contributed by atoms with Crippen molar-refractivity contribution in [1.29, 1.82) is 0 Å². The molecule has 5 nitrogen and oxygen atoms in total. The normalized spacial score (nSPS) is 23.4. The van der Waals surface area contributed by atoms with E-state index in [0.717, 1.165) is 12.8 Å². The predicted molar refractivity (Wildman–Crippen MR) is 57.8 cm³/mol. The minimum Gasteiger partial charge on any atom is -0.349 e. The zero-order valence-corrected chi connectivity index (χ0v) is 9.59. The molecule has 0 saturated carbocycles. The molecular formula is C9H16N2O3S. The number of sulfonamides is 1. The SMILES string of the molecule is C=CC(=O)N[C@@H]1CCCN(S(C)(=O)=O)C1. The van der Waals surface area contributed by atoms with Crippen molar-refractivity contribution in [3.05, 3.63) is 12.7 Å². The number of hydrogen-bond donors (Lipinski definition) is 1. The number of hydrogen-bond acceptors (Lipinski definition) is 3. The van der Waals surface area contributed by atoms with Crippen LogP contribution < -0.4 is 5.32 Å². The van der Waals surface area contributed by atoms with Crippen molar-refractivity contribution in [2.45, 2.75) is 18.9 Å². The molecule has 0 aromatic rings. The molecule has 1 aliphatic heterocycles. The predicted octanol–water partition coefficient (Wildman–Crippen LogP) is -0.287. The Bertz CT molecular complexity index is 350. The van der Waals surface area contributed by atoms with Crippen LogP contribution >= 0.6 is 0 Å². The van der Waals surface area contributed by atoms with Gasteiger partial charge >= 0.3 is 0 Å². The van der Waals surface area contributed by atoms with Gasteiger partial charge in [-0.05, 0) is 18.9 Å². The van der Waals surface area contributed by atoms with Crippen molar-refractivity contribution in [1.82, 2.24) is 9.62 Å². The summed E-state index contributed by atoms with van der Waals surface area (Å²) in [7, 11) is -3.15. The van der Waals surface area contributed by atoms with Crippen LogP contribution in [-0.4, -0.2) is 44.0 Å². The molecule has 86 valence electrons. The number of piperidine rings is 1. The fourth-order valence-corrected chi connectivity index (χ4v) is 2.53. The van der Waals surface area contributed by atoms with Gasteiger partial charge in [-0.1, -0.05) is 6.58 Å². The van der Waals surface area contributed by atoms with Gasteiger partial charge in [0.2, 0.25) is 15.9 Å². The molecule has 0 bridgehead atoms. The number of nitrogens with one attached hydrogen (secondary N) is 1.